The lowest BCUT2D eigenvalue weighted by atomic mass is 9.89. The van der Waals surface area contributed by atoms with Crippen LogP contribution in [0.3, 0.4) is 0 Å². The van der Waals surface area contributed by atoms with Gasteiger partial charge in [-0.3, -0.25) is 4.98 Å². The highest BCUT2D eigenvalue weighted by atomic mass is 16.5. The first-order valence-electron chi connectivity index (χ1n) is 6.97. The van der Waals surface area contributed by atoms with E-state index in [0.717, 1.165) is 25.3 Å². The van der Waals surface area contributed by atoms with Crippen LogP contribution in [-0.4, -0.2) is 28.7 Å². The minimum absolute atomic E-state index is 0.392. The molecule has 0 aromatic carbocycles. The molecule has 1 aromatic rings. The molecule has 1 aliphatic rings. The maximum atomic E-state index is 5.91. The van der Waals surface area contributed by atoms with E-state index in [2.05, 4.69) is 29.1 Å². The molecule has 0 spiro atoms. The van der Waals surface area contributed by atoms with Crippen LogP contribution in [0.25, 0.3) is 0 Å². The van der Waals surface area contributed by atoms with Crippen molar-refractivity contribution >= 4 is 5.82 Å². The van der Waals surface area contributed by atoms with Crippen molar-refractivity contribution in [2.24, 2.45) is 5.92 Å². The number of hydrogen-bond acceptors (Lipinski definition) is 4. The van der Waals surface area contributed by atoms with Crippen molar-refractivity contribution in [3.05, 3.63) is 18.6 Å². The number of rotatable bonds is 5. The summed E-state index contributed by atoms with van der Waals surface area (Å²) in [6.07, 6.45) is 10.1. The van der Waals surface area contributed by atoms with Crippen LogP contribution >= 0.6 is 0 Å². The number of nitrogens with one attached hydrogen (secondary N) is 1. The summed E-state index contributed by atoms with van der Waals surface area (Å²) in [5, 5.41) is 3.46. The van der Waals surface area contributed by atoms with Gasteiger partial charge in [0, 0.05) is 25.0 Å². The van der Waals surface area contributed by atoms with Gasteiger partial charge in [0.2, 0.25) is 0 Å². The van der Waals surface area contributed by atoms with E-state index in [0.29, 0.717) is 18.1 Å². The molecule has 2 heterocycles. The van der Waals surface area contributed by atoms with Gasteiger partial charge in [-0.2, -0.15) is 0 Å². The van der Waals surface area contributed by atoms with Gasteiger partial charge in [0.05, 0.1) is 12.3 Å². The third-order valence-electron chi connectivity index (χ3n) is 3.80. The number of ether oxygens (including phenoxy) is 1. The monoisotopic (exact) mass is 249 g/mol. The Bertz CT molecular complexity index is 340. The van der Waals surface area contributed by atoms with Crippen molar-refractivity contribution in [2.75, 3.05) is 11.9 Å². The first-order chi connectivity index (χ1) is 8.83. The van der Waals surface area contributed by atoms with Crippen LogP contribution in [0, 0.1) is 5.92 Å². The van der Waals surface area contributed by atoms with Gasteiger partial charge in [-0.1, -0.05) is 26.7 Å². The van der Waals surface area contributed by atoms with Crippen molar-refractivity contribution in [1.82, 2.24) is 9.97 Å². The number of nitrogens with zero attached hydrogens (tertiary/aromatic N) is 2. The molecule has 4 nitrogen and oxygen atoms in total. The van der Waals surface area contributed by atoms with E-state index in [-0.39, 0.29) is 0 Å². The maximum Gasteiger partial charge on any atom is 0.144 e. The molecule has 0 radical (unpaired) electrons. The van der Waals surface area contributed by atoms with Crippen molar-refractivity contribution < 1.29 is 4.74 Å². The summed E-state index contributed by atoms with van der Waals surface area (Å²) in [4.78, 5) is 8.35. The molecule has 1 aliphatic heterocycles. The minimum Gasteiger partial charge on any atom is -0.378 e. The standard InChI is InChI=1S/C14H23N3O/c1-3-11(4-2)13-9-12(5-8-18-13)17-14-10-15-6-7-16-14/h6-7,10-13H,3-5,8-9H2,1-2H3,(H,16,17). The average molecular weight is 249 g/mol. The van der Waals surface area contributed by atoms with E-state index in [1.165, 1.54) is 12.8 Å². The van der Waals surface area contributed by atoms with Crippen LogP contribution in [0.4, 0.5) is 5.82 Å². The smallest absolute Gasteiger partial charge is 0.144 e. The Hall–Kier alpha value is -1.16. The Morgan fingerprint density at radius 1 is 1.39 bits per heavy atom. The second-order valence-electron chi connectivity index (χ2n) is 4.94. The van der Waals surface area contributed by atoms with Crippen molar-refractivity contribution in [1.29, 1.82) is 0 Å². The van der Waals surface area contributed by atoms with E-state index in [4.69, 9.17) is 4.74 Å². The lowest BCUT2D eigenvalue weighted by Crippen LogP contribution is -2.38. The second-order valence-corrected chi connectivity index (χ2v) is 4.94. The summed E-state index contributed by atoms with van der Waals surface area (Å²) in [5.41, 5.74) is 0. The van der Waals surface area contributed by atoms with Gasteiger partial charge in [-0.15, -0.1) is 0 Å². The molecule has 2 atom stereocenters. The van der Waals surface area contributed by atoms with Gasteiger partial charge in [0.1, 0.15) is 5.82 Å². The predicted octanol–water partition coefficient (Wildman–Crippen LogP) is 2.87. The van der Waals surface area contributed by atoms with E-state index < -0.39 is 0 Å². The molecule has 0 bridgehead atoms. The van der Waals surface area contributed by atoms with E-state index in [1.54, 1.807) is 18.6 Å². The molecule has 1 saturated heterocycles. The predicted molar refractivity (Wildman–Crippen MR) is 72.5 cm³/mol. The topological polar surface area (TPSA) is 47.0 Å². The zero-order valence-electron chi connectivity index (χ0n) is 11.3. The summed E-state index contributed by atoms with van der Waals surface area (Å²) < 4.78 is 5.91. The molecule has 2 rings (SSSR count). The summed E-state index contributed by atoms with van der Waals surface area (Å²) in [6, 6.07) is 0.459. The molecule has 0 aliphatic carbocycles. The Kier molecular flexibility index (Phi) is 4.93. The van der Waals surface area contributed by atoms with Gasteiger partial charge >= 0.3 is 0 Å². The van der Waals surface area contributed by atoms with Gasteiger partial charge in [0.15, 0.2) is 0 Å². The molecule has 0 saturated carbocycles. The highest BCUT2D eigenvalue weighted by Gasteiger charge is 2.27. The third kappa shape index (κ3) is 3.42. The molecule has 1 N–H and O–H groups in total. The van der Waals surface area contributed by atoms with Crippen LogP contribution in [0.5, 0.6) is 0 Å². The fourth-order valence-corrected chi connectivity index (χ4v) is 2.68. The van der Waals surface area contributed by atoms with E-state index >= 15 is 0 Å². The van der Waals surface area contributed by atoms with Crippen LogP contribution in [0.15, 0.2) is 18.6 Å². The van der Waals surface area contributed by atoms with Crippen molar-refractivity contribution in [3.8, 4) is 0 Å². The SMILES string of the molecule is CCC(CC)C1CC(Nc2cnccn2)CCO1. The third-order valence-corrected chi connectivity index (χ3v) is 3.80. The summed E-state index contributed by atoms with van der Waals surface area (Å²) in [7, 11) is 0. The first-order valence-corrected chi connectivity index (χ1v) is 6.97. The summed E-state index contributed by atoms with van der Waals surface area (Å²) in [5.74, 6) is 1.55. The van der Waals surface area contributed by atoms with E-state index in [1.807, 2.05) is 0 Å². The van der Waals surface area contributed by atoms with Crippen LogP contribution < -0.4 is 5.32 Å². The fraction of sp³-hybridized carbons (Fsp3) is 0.714. The zero-order valence-corrected chi connectivity index (χ0v) is 11.3. The largest absolute Gasteiger partial charge is 0.378 e. The molecule has 1 aromatic heterocycles. The van der Waals surface area contributed by atoms with Crippen LogP contribution in [0.2, 0.25) is 0 Å². The van der Waals surface area contributed by atoms with E-state index in [9.17, 15) is 0 Å². The highest BCUT2D eigenvalue weighted by molar-refractivity contribution is 5.31. The Morgan fingerprint density at radius 3 is 2.89 bits per heavy atom. The normalized spacial score (nSPS) is 24.2. The lowest BCUT2D eigenvalue weighted by Gasteiger charge is -2.34. The van der Waals surface area contributed by atoms with Crippen molar-refractivity contribution in [2.45, 2.75) is 51.7 Å². The molecule has 2 unspecified atom stereocenters. The van der Waals surface area contributed by atoms with Crippen LogP contribution in [-0.2, 0) is 4.74 Å². The van der Waals surface area contributed by atoms with Gasteiger partial charge in [-0.25, -0.2) is 4.98 Å². The molecular weight excluding hydrogens is 226 g/mol. The van der Waals surface area contributed by atoms with Crippen LogP contribution in [0.1, 0.15) is 39.5 Å². The molecule has 4 heteroatoms. The minimum atomic E-state index is 0.392. The number of anilines is 1. The zero-order chi connectivity index (χ0) is 12.8. The lowest BCUT2D eigenvalue weighted by molar-refractivity contribution is -0.0271. The maximum absolute atomic E-state index is 5.91. The van der Waals surface area contributed by atoms with Gasteiger partial charge < -0.3 is 10.1 Å². The molecule has 100 valence electrons. The molecular formula is C14H23N3O. The first kappa shape index (κ1) is 13.3. The average Bonchev–Trinajstić information content (AvgIpc) is 2.42. The number of aromatic nitrogens is 2. The number of hydrogen-bond donors (Lipinski definition) is 1. The van der Waals surface area contributed by atoms with Gasteiger partial charge in [-0.05, 0) is 18.8 Å². The highest BCUT2D eigenvalue weighted by Crippen LogP contribution is 2.26. The summed E-state index contributed by atoms with van der Waals surface area (Å²) in [6.45, 7) is 5.34. The van der Waals surface area contributed by atoms with Crippen molar-refractivity contribution in [3.63, 3.8) is 0 Å². The fourth-order valence-electron chi connectivity index (χ4n) is 2.68. The Morgan fingerprint density at radius 2 is 2.22 bits per heavy atom. The van der Waals surface area contributed by atoms with Gasteiger partial charge in [0.25, 0.3) is 0 Å². The molecule has 18 heavy (non-hydrogen) atoms. The Balaban J connectivity index is 1.90. The molecule has 0 amide bonds. The Labute approximate surface area is 109 Å². The second kappa shape index (κ2) is 6.69. The quantitative estimate of drug-likeness (QED) is 0.871. The molecule has 1 fully saturated rings. The summed E-state index contributed by atoms with van der Waals surface area (Å²) >= 11 is 0.